The van der Waals surface area contributed by atoms with Gasteiger partial charge in [-0.05, 0) is 37.8 Å². The van der Waals surface area contributed by atoms with E-state index in [1.54, 1.807) is 4.57 Å². The maximum absolute atomic E-state index is 12.5. The summed E-state index contributed by atoms with van der Waals surface area (Å²) in [7, 11) is 0. The molecule has 0 bridgehead atoms. The van der Waals surface area contributed by atoms with Crippen LogP contribution in [0, 0.1) is 0 Å². The number of para-hydroxylation sites is 2. The highest BCUT2D eigenvalue weighted by Gasteiger charge is 2.19. The van der Waals surface area contributed by atoms with Gasteiger partial charge in [0.1, 0.15) is 12.4 Å². The number of nitrogens with one attached hydrogen (secondary N) is 1. The van der Waals surface area contributed by atoms with Crippen LogP contribution in [0.1, 0.15) is 37.9 Å². The quantitative estimate of drug-likeness (QED) is 0.911. The van der Waals surface area contributed by atoms with Crippen LogP contribution in [-0.4, -0.2) is 33.3 Å². The lowest BCUT2D eigenvalue weighted by molar-refractivity contribution is -0.117. The van der Waals surface area contributed by atoms with E-state index in [0.29, 0.717) is 6.54 Å². The van der Waals surface area contributed by atoms with Crippen molar-refractivity contribution >= 4 is 17.3 Å². The maximum atomic E-state index is 12.5. The Kier molecular flexibility index (Phi) is 4.77. The third-order valence-electron chi connectivity index (χ3n) is 5.20. The standard InChI is InChI=1S/C19H25N5O2/c25-18(14-24-19(26)23-13-5-1-2-10-17(23)21-24)20-15-8-3-4-9-16(15)22-11-6-7-12-22/h3-4,8-9H,1-2,5-7,10-14H2,(H,20,25). The van der Waals surface area contributed by atoms with Gasteiger partial charge in [0.2, 0.25) is 5.91 Å². The van der Waals surface area contributed by atoms with Crippen molar-refractivity contribution in [3.05, 3.63) is 40.6 Å². The molecule has 1 aromatic heterocycles. The average molecular weight is 355 g/mol. The van der Waals surface area contributed by atoms with Crippen molar-refractivity contribution in [2.75, 3.05) is 23.3 Å². The SMILES string of the molecule is O=C(Cn1nc2n(c1=O)CCCCC2)Nc1ccccc1N1CCCC1. The molecule has 2 aliphatic rings. The molecular weight excluding hydrogens is 330 g/mol. The first-order valence-corrected chi connectivity index (χ1v) is 9.53. The molecule has 1 aromatic carbocycles. The first kappa shape index (κ1) is 16.9. The van der Waals surface area contributed by atoms with Gasteiger partial charge in [0.25, 0.3) is 0 Å². The van der Waals surface area contributed by atoms with Crippen LogP contribution in [0.2, 0.25) is 0 Å². The second kappa shape index (κ2) is 7.35. The fraction of sp³-hybridized carbons (Fsp3) is 0.526. The predicted octanol–water partition coefficient (Wildman–Crippen LogP) is 2.01. The average Bonchev–Trinajstić information content (AvgIpc) is 3.19. The zero-order valence-electron chi connectivity index (χ0n) is 15.0. The molecule has 4 rings (SSSR count). The molecule has 1 N–H and O–H groups in total. The Hall–Kier alpha value is -2.57. The van der Waals surface area contributed by atoms with Gasteiger partial charge in [0.05, 0.1) is 11.4 Å². The molecule has 0 aliphatic carbocycles. The first-order chi connectivity index (χ1) is 12.7. The monoisotopic (exact) mass is 355 g/mol. The van der Waals surface area contributed by atoms with Gasteiger partial charge in [-0.15, -0.1) is 0 Å². The molecule has 0 radical (unpaired) electrons. The number of benzene rings is 1. The molecule has 0 saturated carbocycles. The number of carbonyl (C=O) groups excluding carboxylic acids is 1. The van der Waals surface area contributed by atoms with Gasteiger partial charge < -0.3 is 10.2 Å². The largest absolute Gasteiger partial charge is 0.370 e. The predicted molar refractivity (Wildman–Crippen MR) is 101 cm³/mol. The number of anilines is 2. The molecule has 2 aromatic rings. The Labute approximate surface area is 152 Å². The van der Waals surface area contributed by atoms with Crippen molar-refractivity contribution in [1.82, 2.24) is 14.3 Å². The van der Waals surface area contributed by atoms with Gasteiger partial charge in [0, 0.05) is 26.1 Å². The molecule has 7 nitrogen and oxygen atoms in total. The van der Waals surface area contributed by atoms with Crippen molar-refractivity contribution in [3.63, 3.8) is 0 Å². The van der Waals surface area contributed by atoms with Crippen molar-refractivity contribution in [1.29, 1.82) is 0 Å². The molecule has 0 unspecified atom stereocenters. The third kappa shape index (κ3) is 3.38. The van der Waals surface area contributed by atoms with E-state index < -0.39 is 0 Å². The van der Waals surface area contributed by atoms with Crippen LogP contribution in [0.15, 0.2) is 29.1 Å². The Morgan fingerprint density at radius 3 is 2.65 bits per heavy atom. The summed E-state index contributed by atoms with van der Waals surface area (Å²) in [5.74, 6) is 0.588. The minimum absolute atomic E-state index is 0.0484. The molecule has 7 heteroatoms. The van der Waals surface area contributed by atoms with Crippen LogP contribution >= 0.6 is 0 Å². The van der Waals surface area contributed by atoms with Gasteiger partial charge in [-0.3, -0.25) is 9.36 Å². The van der Waals surface area contributed by atoms with Crippen LogP contribution in [-0.2, 0) is 24.3 Å². The van der Waals surface area contributed by atoms with Gasteiger partial charge in [-0.1, -0.05) is 18.6 Å². The summed E-state index contributed by atoms with van der Waals surface area (Å²) >= 11 is 0. The van der Waals surface area contributed by atoms with E-state index in [-0.39, 0.29) is 18.1 Å². The van der Waals surface area contributed by atoms with E-state index in [4.69, 9.17) is 0 Å². The topological polar surface area (TPSA) is 72.2 Å². The van der Waals surface area contributed by atoms with E-state index in [0.717, 1.165) is 56.0 Å². The number of hydrogen-bond donors (Lipinski definition) is 1. The summed E-state index contributed by atoms with van der Waals surface area (Å²) < 4.78 is 3.02. The molecule has 0 atom stereocenters. The Morgan fingerprint density at radius 2 is 1.81 bits per heavy atom. The molecular formula is C19H25N5O2. The van der Waals surface area contributed by atoms with E-state index >= 15 is 0 Å². The van der Waals surface area contributed by atoms with Crippen molar-refractivity contribution in [2.24, 2.45) is 0 Å². The van der Waals surface area contributed by atoms with Gasteiger partial charge in [-0.25, -0.2) is 9.48 Å². The van der Waals surface area contributed by atoms with E-state index in [2.05, 4.69) is 15.3 Å². The summed E-state index contributed by atoms with van der Waals surface area (Å²) in [6.45, 7) is 2.68. The van der Waals surface area contributed by atoms with Crippen LogP contribution < -0.4 is 15.9 Å². The summed E-state index contributed by atoms with van der Waals surface area (Å²) in [5, 5.41) is 7.35. The lowest BCUT2D eigenvalue weighted by atomic mass is 10.2. The number of aromatic nitrogens is 3. The Morgan fingerprint density at radius 1 is 1.04 bits per heavy atom. The van der Waals surface area contributed by atoms with Crippen molar-refractivity contribution < 1.29 is 4.79 Å². The van der Waals surface area contributed by atoms with Gasteiger partial charge in [0.15, 0.2) is 0 Å². The molecule has 2 aliphatic heterocycles. The van der Waals surface area contributed by atoms with Gasteiger partial charge >= 0.3 is 5.69 Å². The van der Waals surface area contributed by atoms with Crippen molar-refractivity contribution in [3.8, 4) is 0 Å². The third-order valence-corrected chi connectivity index (χ3v) is 5.20. The number of nitrogens with zero attached hydrogens (tertiary/aromatic N) is 4. The molecule has 1 fully saturated rings. The summed E-state index contributed by atoms with van der Waals surface area (Å²) in [6.07, 6.45) is 6.33. The fourth-order valence-corrected chi connectivity index (χ4v) is 3.87. The second-order valence-corrected chi connectivity index (χ2v) is 7.08. The zero-order valence-corrected chi connectivity index (χ0v) is 15.0. The summed E-state index contributed by atoms with van der Waals surface area (Å²) in [4.78, 5) is 27.3. The number of carbonyl (C=O) groups is 1. The number of fused-ring (bicyclic) bond motifs is 1. The fourth-order valence-electron chi connectivity index (χ4n) is 3.87. The molecule has 1 saturated heterocycles. The zero-order chi connectivity index (χ0) is 17.9. The number of rotatable bonds is 4. The maximum Gasteiger partial charge on any atom is 0.346 e. The number of aryl methyl sites for hydroxylation is 1. The smallest absolute Gasteiger partial charge is 0.346 e. The minimum atomic E-state index is -0.216. The molecule has 138 valence electrons. The Balaban J connectivity index is 1.49. The normalized spacial score (nSPS) is 17.0. The Bertz CT molecular complexity index is 848. The highest BCUT2D eigenvalue weighted by atomic mass is 16.2. The second-order valence-electron chi connectivity index (χ2n) is 7.08. The van der Waals surface area contributed by atoms with Crippen LogP contribution in [0.25, 0.3) is 0 Å². The van der Waals surface area contributed by atoms with Crippen LogP contribution in [0.5, 0.6) is 0 Å². The summed E-state index contributed by atoms with van der Waals surface area (Å²) in [5.41, 5.74) is 1.67. The molecule has 26 heavy (non-hydrogen) atoms. The van der Waals surface area contributed by atoms with Crippen LogP contribution in [0.4, 0.5) is 11.4 Å². The number of amides is 1. The van der Waals surface area contributed by atoms with E-state index in [9.17, 15) is 9.59 Å². The molecule has 1 amide bonds. The number of hydrogen-bond acceptors (Lipinski definition) is 4. The van der Waals surface area contributed by atoms with E-state index in [1.165, 1.54) is 17.5 Å². The van der Waals surface area contributed by atoms with Crippen LogP contribution in [0.3, 0.4) is 0 Å². The minimum Gasteiger partial charge on any atom is -0.370 e. The lowest BCUT2D eigenvalue weighted by Gasteiger charge is -2.21. The van der Waals surface area contributed by atoms with Gasteiger partial charge in [-0.2, -0.15) is 5.10 Å². The summed E-state index contributed by atoms with van der Waals surface area (Å²) in [6, 6.07) is 7.85. The lowest BCUT2D eigenvalue weighted by Crippen LogP contribution is -2.30. The van der Waals surface area contributed by atoms with Crippen molar-refractivity contribution in [2.45, 2.75) is 51.6 Å². The first-order valence-electron chi connectivity index (χ1n) is 9.53. The molecule has 3 heterocycles. The van der Waals surface area contributed by atoms with E-state index in [1.807, 2.05) is 24.3 Å². The highest BCUT2D eigenvalue weighted by molar-refractivity contribution is 5.94. The molecule has 0 spiro atoms. The highest BCUT2D eigenvalue weighted by Crippen LogP contribution is 2.28.